The van der Waals surface area contributed by atoms with Crippen molar-refractivity contribution in [3.8, 4) is 11.8 Å². The molecule has 0 heterocycles. The van der Waals surface area contributed by atoms with Crippen molar-refractivity contribution in [2.75, 3.05) is 18.5 Å². The van der Waals surface area contributed by atoms with Crippen LogP contribution in [0.4, 0.5) is 5.69 Å². The van der Waals surface area contributed by atoms with Crippen molar-refractivity contribution >= 4 is 5.69 Å². The van der Waals surface area contributed by atoms with Gasteiger partial charge in [-0.3, -0.25) is 0 Å². The molecule has 0 bridgehead atoms. The highest BCUT2D eigenvalue weighted by atomic mass is 16.5. The number of benzene rings is 2. The molecule has 0 spiro atoms. The lowest BCUT2D eigenvalue weighted by Crippen LogP contribution is -2.12. The van der Waals surface area contributed by atoms with Gasteiger partial charge in [-0.1, -0.05) is 12.1 Å². The van der Waals surface area contributed by atoms with Gasteiger partial charge in [-0.2, -0.15) is 5.26 Å². The summed E-state index contributed by atoms with van der Waals surface area (Å²) in [5.74, 6) is 0.784. The number of rotatable bonds is 5. The van der Waals surface area contributed by atoms with Gasteiger partial charge in [-0.05, 0) is 55.3 Å². The van der Waals surface area contributed by atoms with Crippen molar-refractivity contribution in [3.63, 3.8) is 0 Å². The van der Waals surface area contributed by atoms with Gasteiger partial charge in [0.15, 0.2) is 0 Å². The number of hydrogen-bond donors (Lipinski definition) is 1. The van der Waals surface area contributed by atoms with Crippen LogP contribution in [-0.4, -0.2) is 13.2 Å². The second-order valence-electron chi connectivity index (χ2n) is 4.66. The summed E-state index contributed by atoms with van der Waals surface area (Å²) in [5.41, 5.74) is 4.34. The normalized spacial score (nSPS) is 9.85. The first-order valence-electron chi connectivity index (χ1n) is 6.64. The molecule has 0 aromatic heterocycles. The quantitative estimate of drug-likeness (QED) is 0.840. The Kier molecular flexibility index (Phi) is 4.62. The van der Waals surface area contributed by atoms with Crippen LogP contribution in [0.2, 0.25) is 0 Å². The van der Waals surface area contributed by atoms with Crippen LogP contribution in [0.1, 0.15) is 16.7 Å². The summed E-state index contributed by atoms with van der Waals surface area (Å²) in [5, 5.41) is 12.1. The fraction of sp³-hybridized carbons (Fsp3) is 0.235. The molecule has 0 fully saturated rings. The van der Waals surface area contributed by atoms with E-state index in [4.69, 9.17) is 10.00 Å². The van der Waals surface area contributed by atoms with Crippen LogP contribution in [0.5, 0.6) is 5.75 Å². The lowest BCUT2D eigenvalue weighted by molar-refractivity contribution is 0.333. The van der Waals surface area contributed by atoms with Gasteiger partial charge in [0.1, 0.15) is 12.4 Å². The van der Waals surface area contributed by atoms with Crippen molar-refractivity contribution in [1.29, 1.82) is 5.26 Å². The Morgan fingerprint density at radius 1 is 1.10 bits per heavy atom. The van der Waals surface area contributed by atoms with E-state index < -0.39 is 0 Å². The molecule has 3 nitrogen and oxygen atoms in total. The fourth-order valence-corrected chi connectivity index (χ4v) is 1.92. The highest BCUT2D eigenvalue weighted by Crippen LogP contribution is 2.17. The average molecular weight is 266 g/mol. The standard InChI is InChI=1S/C17H18N2O/c1-13-4-3-5-17(14(13)2)19-10-11-20-16-8-6-15(12-18)7-9-16/h3-9,19H,10-11H2,1-2H3. The first-order valence-corrected chi connectivity index (χ1v) is 6.64. The second-order valence-corrected chi connectivity index (χ2v) is 4.66. The highest BCUT2D eigenvalue weighted by Gasteiger charge is 2.00. The van der Waals surface area contributed by atoms with Crippen LogP contribution < -0.4 is 10.1 Å². The van der Waals surface area contributed by atoms with Crippen LogP contribution in [-0.2, 0) is 0 Å². The largest absolute Gasteiger partial charge is 0.492 e. The van der Waals surface area contributed by atoms with Crippen molar-refractivity contribution in [1.82, 2.24) is 0 Å². The lowest BCUT2D eigenvalue weighted by Gasteiger charge is -2.12. The number of aryl methyl sites for hydroxylation is 1. The molecule has 20 heavy (non-hydrogen) atoms. The van der Waals surface area contributed by atoms with Crippen molar-refractivity contribution < 1.29 is 4.74 Å². The Labute approximate surface area is 119 Å². The third kappa shape index (κ3) is 3.52. The van der Waals surface area contributed by atoms with Gasteiger partial charge in [-0.15, -0.1) is 0 Å². The Hall–Kier alpha value is -2.47. The minimum absolute atomic E-state index is 0.583. The monoisotopic (exact) mass is 266 g/mol. The van der Waals surface area contributed by atoms with Crippen molar-refractivity contribution in [3.05, 3.63) is 59.2 Å². The number of hydrogen-bond acceptors (Lipinski definition) is 3. The van der Waals surface area contributed by atoms with E-state index in [-0.39, 0.29) is 0 Å². The van der Waals surface area contributed by atoms with Crippen LogP contribution in [0.15, 0.2) is 42.5 Å². The molecular formula is C17H18N2O. The fourth-order valence-electron chi connectivity index (χ4n) is 1.92. The molecule has 2 rings (SSSR count). The Morgan fingerprint density at radius 3 is 2.55 bits per heavy atom. The highest BCUT2D eigenvalue weighted by molar-refractivity contribution is 5.53. The maximum atomic E-state index is 8.72. The molecule has 0 radical (unpaired) electrons. The number of anilines is 1. The Morgan fingerprint density at radius 2 is 1.85 bits per heavy atom. The van der Waals surface area contributed by atoms with Crippen LogP contribution in [0.3, 0.4) is 0 Å². The third-order valence-electron chi connectivity index (χ3n) is 3.27. The zero-order chi connectivity index (χ0) is 14.4. The molecule has 3 heteroatoms. The van der Waals surface area contributed by atoms with Gasteiger partial charge in [-0.25, -0.2) is 0 Å². The maximum absolute atomic E-state index is 8.72. The van der Waals surface area contributed by atoms with E-state index in [1.807, 2.05) is 18.2 Å². The van der Waals surface area contributed by atoms with Crippen molar-refractivity contribution in [2.24, 2.45) is 0 Å². The second kappa shape index (κ2) is 6.63. The zero-order valence-electron chi connectivity index (χ0n) is 11.8. The minimum atomic E-state index is 0.583. The van der Waals surface area contributed by atoms with E-state index in [2.05, 4.69) is 37.4 Å². The summed E-state index contributed by atoms with van der Waals surface area (Å²) in [6.45, 7) is 5.54. The maximum Gasteiger partial charge on any atom is 0.119 e. The van der Waals surface area contributed by atoms with Crippen molar-refractivity contribution in [2.45, 2.75) is 13.8 Å². The predicted octanol–water partition coefficient (Wildman–Crippen LogP) is 3.67. The number of nitrogens with zero attached hydrogens (tertiary/aromatic N) is 1. The Balaban J connectivity index is 1.81. The number of nitrogens with one attached hydrogen (secondary N) is 1. The number of ether oxygens (including phenoxy) is 1. The van der Waals surface area contributed by atoms with E-state index in [1.165, 1.54) is 11.1 Å². The lowest BCUT2D eigenvalue weighted by atomic mass is 10.1. The van der Waals surface area contributed by atoms with Gasteiger partial charge in [0, 0.05) is 12.2 Å². The summed E-state index contributed by atoms with van der Waals surface area (Å²) < 4.78 is 5.63. The minimum Gasteiger partial charge on any atom is -0.492 e. The summed E-state index contributed by atoms with van der Waals surface area (Å²) in [4.78, 5) is 0. The molecule has 0 saturated heterocycles. The van der Waals surface area contributed by atoms with E-state index in [1.54, 1.807) is 12.1 Å². The molecule has 0 atom stereocenters. The van der Waals surface area contributed by atoms with Gasteiger partial charge >= 0.3 is 0 Å². The summed E-state index contributed by atoms with van der Waals surface area (Å²) >= 11 is 0. The molecule has 0 aliphatic carbocycles. The smallest absolute Gasteiger partial charge is 0.119 e. The van der Waals surface area contributed by atoms with Crippen LogP contribution in [0, 0.1) is 25.2 Å². The van der Waals surface area contributed by atoms with E-state index >= 15 is 0 Å². The topological polar surface area (TPSA) is 45.0 Å². The first kappa shape index (κ1) is 14.0. The number of nitriles is 1. The van der Waals surface area contributed by atoms with Gasteiger partial charge < -0.3 is 10.1 Å². The van der Waals surface area contributed by atoms with Gasteiger partial charge in [0.05, 0.1) is 11.6 Å². The summed E-state index contributed by atoms with van der Waals surface area (Å²) in [6.07, 6.45) is 0. The molecule has 0 saturated carbocycles. The molecule has 0 aliphatic rings. The molecule has 0 amide bonds. The first-order chi connectivity index (χ1) is 9.70. The molecular weight excluding hydrogens is 248 g/mol. The Bertz CT molecular complexity index is 612. The van der Waals surface area contributed by atoms with Gasteiger partial charge in [0.25, 0.3) is 0 Å². The van der Waals surface area contributed by atoms with Gasteiger partial charge in [0.2, 0.25) is 0 Å². The molecule has 102 valence electrons. The molecule has 0 aliphatic heterocycles. The zero-order valence-corrected chi connectivity index (χ0v) is 11.8. The third-order valence-corrected chi connectivity index (χ3v) is 3.27. The van der Waals surface area contributed by atoms with E-state index in [0.717, 1.165) is 18.0 Å². The van der Waals surface area contributed by atoms with E-state index in [0.29, 0.717) is 12.2 Å². The average Bonchev–Trinajstić information content (AvgIpc) is 2.48. The van der Waals surface area contributed by atoms with Crippen LogP contribution in [0.25, 0.3) is 0 Å². The molecule has 1 N–H and O–H groups in total. The van der Waals surface area contributed by atoms with Crippen LogP contribution >= 0.6 is 0 Å². The molecule has 0 unspecified atom stereocenters. The SMILES string of the molecule is Cc1cccc(NCCOc2ccc(C#N)cc2)c1C. The summed E-state index contributed by atoms with van der Waals surface area (Å²) in [6, 6.07) is 15.5. The molecule has 2 aromatic rings. The summed E-state index contributed by atoms with van der Waals surface area (Å²) in [7, 11) is 0. The predicted molar refractivity (Wildman–Crippen MR) is 81.1 cm³/mol. The molecule has 2 aromatic carbocycles. The van der Waals surface area contributed by atoms with E-state index in [9.17, 15) is 0 Å².